The van der Waals surface area contributed by atoms with Crippen molar-refractivity contribution in [1.82, 2.24) is 14.9 Å². The molecule has 0 fully saturated rings. The second-order valence-electron chi connectivity index (χ2n) is 10.7. The Bertz CT molecular complexity index is 1320. The number of aromatic amines is 1. The molecule has 230 valence electrons. The molecule has 0 saturated heterocycles. The summed E-state index contributed by atoms with van der Waals surface area (Å²) < 4.78 is 11.9. The largest absolute Gasteiger partial charge is 0.508 e. The van der Waals surface area contributed by atoms with Gasteiger partial charge in [-0.1, -0.05) is 43.2 Å². The fraction of sp³-hybridized carbons (Fsp3) is 0.500. The van der Waals surface area contributed by atoms with Gasteiger partial charge in [-0.2, -0.15) is 0 Å². The molecule has 10 nitrogen and oxygen atoms in total. The van der Waals surface area contributed by atoms with E-state index in [0.29, 0.717) is 29.8 Å². The lowest BCUT2D eigenvalue weighted by Gasteiger charge is -2.14. The Kier molecular flexibility index (Phi) is 13.6. The highest BCUT2D eigenvalue weighted by molar-refractivity contribution is 5.66. The minimum absolute atomic E-state index is 0.0181. The topological polar surface area (TPSA) is 146 Å². The number of unbranched alkanes of at least 4 members (excludes halogenated alkanes) is 4. The van der Waals surface area contributed by atoms with Crippen LogP contribution in [0, 0.1) is 0 Å². The number of esters is 1. The van der Waals surface area contributed by atoms with Crippen LogP contribution in [0.4, 0.5) is 0 Å². The molecule has 1 atom stereocenters. The van der Waals surface area contributed by atoms with Gasteiger partial charge in [0.1, 0.15) is 12.4 Å². The molecule has 42 heavy (non-hydrogen) atoms. The fourth-order valence-electron chi connectivity index (χ4n) is 4.70. The van der Waals surface area contributed by atoms with Crippen LogP contribution >= 0.6 is 0 Å². The summed E-state index contributed by atoms with van der Waals surface area (Å²) in [4.78, 5) is 25.4. The number of rotatable bonds is 19. The zero-order chi connectivity index (χ0) is 30.3. The van der Waals surface area contributed by atoms with Gasteiger partial charge in [0.2, 0.25) is 5.88 Å². The van der Waals surface area contributed by atoms with Crippen LogP contribution in [0.1, 0.15) is 79.5 Å². The van der Waals surface area contributed by atoms with Crippen LogP contribution in [-0.4, -0.2) is 57.1 Å². The third-order valence-electron chi connectivity index (χ3n) is 7.18. The number of aliphatic hydroxyl groups is 1. The van der Waals surface area contributed by atoms with Gasteiger partial charge in [-0.15, -0.1) is 0 Å². The van der Waals surface area contributed by atoms with Gasteiger partial charge >= 0.3 is 11.7 Å². The third kappa shape index (κ3) is 11.0. The summed E-state index contributed by atoms with van der Waals surface area (Å²) in [5.74, 6) is -0.406. The molecule has 10 heteroatoms. The number of imidazole rings is 1. The first kappa shape index (κ1) is 32.9. The number of hydrogen-bond donors (Lipinski definition) is 5. The normalized spacial score (nSPS) is 12.0. The average Bonchev–Trinajstić information content (AvgIpc) is 3.21. The number of nitrogens with one attached hydrogen (secondary N) is 2. The van der Waals surface area contributed by atoms with Crippen molar-refractivity contribution in [2.24, 2.45) is 7.05 Å². The van der Waals surface area contributed by atoms with Crippen molar-refractivity contribution in [3.05, 3.63) is 80.9 Å². The zero-order valence-corrected chi connectivity index (χ0v) is 24.7. The number of nitrogens with zero attached hydrogens (tertiary/aromatic N) is 1. The van der Waals surface area contributed by atoms with Crippen molar-refractivity contribution in [1.29, 1.82) is 0 Å². The molecule has 0 aliphatic carbocycles. The molecule has 0 saturated carbocycles. The Morgan fingerprint density at radius 1 is 1.00 bits per heavy atom. The molecule has 2 aromatic carbocycles. The summed E-state index contributed by atoms with van der Waals surface area (Å²) in [6, 6.07) is 13.1. The number of carbonyl (C=O) groups excluding carboxylic acids is 1. The molecular formula is C32H45N3O7. The number of ether oxygens (including phenoxy) is 2. The van der Waals surface area contributed by atoms with Crippen LogP contribution in [0.25, 0.3) is 0 Å². The van der Waals surface area contributed by atoms with Crippen molar-refractivity contribution in [2.45, 2.75) is 71.0 Å². The second kappa shape index (κ2) is 17.4. The molecule has 0 unspecified atom stereocenters. The predicted octanol–water partition coefficient (Wildman–Crippen LogP) is 4.00. The SMILES string of the molecule is CC(=O)OCc1cc([C@@H](O)CNCCCCCCOCCCCc2cccc(Cc3[nH]c(=O)n(C)c3O)c2)ccc1O. The summed E-state index contributed by atoms with van der Waals surface area (Å²) >= 11 is 0. The highest BCUT2D eigenvalue weighted by Gasteiger charge is 2.12. The summed E-state index contributed by atoms with van der Waals surface area (Å²) in [5, 5.41) is 33.7. The molecule has 0 spiro atoms. The standard InChI is InChI=1S/C32H45N3O7/c1-23(36)42-22-27-20-26(13-14-29(27)37)30(38)21-33-15-6-3-4-7-16-41-17-8-5-10-24-11-9-12-25(18-24)19-28-31(39)35(2)32(40)34-28/h9,11-14,18,20,30,33,37-39H,3-8,10,15-17,19,21-22H2,1-2H3,(H,34,40)/t30-/m0/s1. The second-order valence-corrected chi connectivity index (χ2v) is 10.7. The maximum atomic E-state index is 11.7. The minimum atomic E-state index is -0.713. The molecular weight excluding hydrogens is 538 g/mol. The minimum Gasteiger partial charge on any atom is -0.508 e. The molecule has 1 aromatic heterocycles. The molecule has 0 aliphatic heterocycles. The van der Waals surface area contributed by atoms with E-state index in [1.807, 2.05) is 12.1 Å². The fourth-order valence-corrected chi connectivity index (χ4v) is 4.70. The number of aliphatic hydroxyl groups excluding tert-OH is 1. The number of aromatic hydroxyl groups is 2. The van der Waals surface area contributed by atoms with Gasteiger partial charge in [0.25, 0.3) is 0 Å². The number of H-pyrrole nitrogens is 1. The molecule has 0 radical (unpaired) electrons. The summed E-state index contributed by atoms with van der Waals surface area (Å²) in [6.07, 6.45) is 6.98. The lowest BCUT2D eigenvalue weighted by Crippen LogP contribution is -2.22. The number of aryl methyl sites for hydroxylation is 1. The Hall–Kier alpha value is -3.60. The lowest BCUT2D eigenvalue weighted by atomic mass is 10.0. The highest BCUT2D eigenvalue weighted by Crippen LogP contribution is 2.23. The first-order valence-electron chi connectivity index (χ1n) is 14.7. The van der Waals surface area contributed by atoms with Gasteiger partial charge < -0.3 is 35.1 Å². The van der Waals surface area contributed by atoms with E-state index in [-0.39, 0.29) is 23.9 Å². The van der Waals surface area contributed by atoms with E-state index in [9.17, 15) is 24.9 Å². The van der Waals surface area contributed by atoms with Crippen molar-refractivity contribution in [3.63, 3.8) is 0 Å². The summed E-state index contributed by atoms with van der Waals surface area (Å²) in [5.41, 5.74) is 3.63. The molecule has 5 N–H and O–H groups in total. The molecule has 0 aliphatic rings. The number of phenols is 1. The number of hydrogen-bond acceptors (Lipinski definition) is 8. The monoisotopic (exact) mass is 583 g/mol. The average molecular weight is 584 g/mol. The predicted molar refractivity (Wildman–Crippen MR) is 161 cm³/mol. The van der Waals surface area contributed by atoms with Crippen molar-refractivity contribution in [3.8, 4) is 11.6 Å². The maximum Gasteiger partial charge on any atom is 0.328 e. The van der Waals surface area contributed by atoms with Gasteiger partial charge in [-0.05, 0) is 67.5 Å². The van der Waals surface area contributed by atoms with Gasteiger partial charge in [0.15, 0.2) is 0 Å². The first-order chi connectivity index (χ1) is 20.2. The lowest BCUT2D eigenvalue weighted by molar-refractivity contribution is -0.142. The number of phenolic OH excluding ortho intramolecular Hbond substituents is 1. The summed E-state index contributed by atoms with van der Waals surface area (Å²) in [6.45, 7) is 4.01. The quantitative estimate of drug-likeness (QED) is 0.105. The first-order valence-corrected chi connectivity index (χ1v) is 14.7. The van der Waals surface area contributed by atoms with Crippen molar-refractivity contribution in [2.75, 3.05) is 26.3 Å². The molecule has 3 rings (SSSR count). The van der Waals surface area contributed by atoms with Gasteiger partial charge in [-0.3, -0.25) is 9.36 Å². The van der Waals surface area contributed by atoms with Gasteiger partial charge in [0.05, 0.1) is 11.8 Å². The van der Waals surface area contributed by atoms with E-state index in [1.165, 1.54) is 30.2 Å². The Balaban J connectivity index is 1.18. The zero-order valence-electron chi connectivity index (χ0n) is 24.7. The molecule has 0 bridgehead atoms. The van der Waals surface area contributed by atoms with E-state index < -0.39 is 12.1 Å². The van der Waals surface area contributed by atoms with E-state index >= 15 is 0 Å². The van der Waals surface area contributed by atoms with Crippen molar-refractivity contribution >= 4 is 5.97 Å². The summed E-state index contributed by atoms with van der Waals surface area (Å²) in [7, 11) is 1.54. The Labute approximate surface area is 247 Å². The third-order valence-corrected chi connectivity index (χ3v) is 7.18. The van der Waals surface area contributed by atoms with Crippen LogP contribution < -0.4 is 11.0 Å². The highest BCUT2D eigenvalue weighted by atomic mass is 16.5. The smallest absolute Gasteiger partial charge is 0.328 e. The van der Waals surface area contributed by atoms with Crippen LogP contribution in [-0.2, 0) is 40.8 Å². The molecule has 0 amide bonds. The van der Waals surface area contributed by atoms with Crippen LogP contribution in [0.3, 0.4) is 0 Å². The van der Waals surface area contributed by atoms with Crippen LogP contribution in [0.2, 0.25) is 0 Å². The molecule has 3 aromatic rings. The number of carbonyl (C=O) groups is 1. The number of aromatic nitrogens is 2. The number of benzene rings is 2. The van der Waals surface area contributed by atoms with E-state index in [2.05, 4.69) is 22.4 Å². The molecule has 1 heterocycles. The Morgan fingerprint density at radius 3 is 2.48 bits per heavy atom. The Morgan fingerprint density at radius 2 is 1.74 bits per heavy atom. The van der Waals surface area contributed by atoms with Gasteiger partial charge in [0, 0.05) is 45.7 Å². The van der Waals surface area contributed by atoms with E-state index in [1.54, 1.807) is 12.1 Å². The van der Waals surface area contributed by atoms with Crippen molar-refractivity contribution < 1.29 is 29.6 Å². The van der Waals surface area contributed by atoms with E-state index in [0.717, 1.165) is 70.3 Å². The maximum absolute atomic E-state index is 11.7. The van der Waals surface area contributed by atoms with Crippen LogP contribution in [0.5, 0.6) is 11.6 Å². The van der Waals surface area contributed by atoms with Crippen LogP contribution in [0.15, 0.2) is 47.3 Å². The van der Waals surface area contributed by atoms with E-state index in [4.69, 9.17) is 9.47 Å². The van der Waals surface area contributed by atoms with Gasteiger partial charge in [-0.25, -0.2) is 4.79 Å².